The number of rotatable bonds is 11. The molecule has 2 rings (SSSR count). The lowest BCUT2D eigenvalue weighted by Crippen LogP contribution is -2.68. The van der Waals surface area contributed by atoms with Gasteiger partial charge in [-0.05, 0) is 0 Å². The maximum atomic E-state index is 12.2. The molecule has 0 aromatic rings. The summed E-state index contributed by atoms with van der Waals surface area (Å²) in [5.41, 5.74) is 0. The number of hydrogen-bond donors (Lipinski definition) is 2. The molecule has 18 nitrogen and oxygen atoms in total. The van der Waals surface area contributed by atoms with E-state index in [4.69, 9.17) is 42.6 Å². The van der Waals surface area contributed by atoms with Crippen LogP contribution in [0.15, 0.2) is 0 Å². The van der Waals surface area contributed by atoms with Gasteiger partial charge >= 0.3 is 35.8 Å². The summed E-state index contributed by atoms with van der Waals surface area (Å²) in [7, 11) is 0. The van der Waals surface area contributed by atoms with Gasteiger partial charge in [-0.15, -0.1) is 0 Å². The third-order valence-electron chi connectivity index (χ3n) is 6.03. The number of nitrogens with one attached hydrogen (secondary N) is 1. The third-order valence-corrected chi connectivity index (χ3v) is 6.03. The highest BCUT2D eigenvalue weighted by Gasteiger charge is 2.56. The SMILES string of the molecule is CC(=O)N[C@@H]1[C@@H](OC(C)=O)[C@H](O[C@@H]2O[C@H](COC(C)=O)[C@H](OC(C)=O)[C@H](OC(C)=O)[C@H]2OC(C)=O)[C@@H](COC(C)=O)O[C@@H]1O. The second-order valence-corrected chi connectivity index (χ2v) is 9.84. The van der Waals surface area contributed by atoms with Crippen molar-refractivity contribution in [2.75, 3.05) is 13.2 Å². The zero-order valence-electron chi connectivity index (χ0n) is 25.2. The number of esters is 6. The molecule has 0 aliphatic carbocycles. The number of hydrogen-bond acceptors (Lipinski definition) is 17. The molecule has 2 fully saturated rings. The molecule has 10 atom stereocenters. The third kappa shape index (κ3) is 10.7. The van der Waals surface area contributed by atoms with Crippen LogP contribution >= 0.6 is 0 Å². The van der Waals surface area contributed by atoms with Crippen molar-refractivity contribution < 1.29 is 81.3 Å². The molecule has 0 aromatic carbocycles. The molecule has 0 unspecified atom stereocenters. The normalized spacial score (nSPS) is 31.5. The van der Waals surface area contributed by atoms with Crippen LogP contribution in [0.25, 0.3) is 0 Å². The van der Waals surface area contributed by atoms with Crippen LogP contribution in [-0.2, 0) is 76.2 Å². The Morgan fingerprint density at radius 3 is 1.45 bits per heavy atom. The molecule has 2 aliphatic rings. The van der Waals surface area contributed by atoms with Gasteiger partial charge in [0.1, 0.15) is 37.6 Å². The summed E-state index contributed by atoms with van der Waals surface area (Å²) < 4.78 is 49.2. The van der Waals surface area contributed by atoms with Gasteiger partial charge in [-0.2, -0.15) is 0 Å². The van der Waals surface area contributed by atoms with Gasteiger partial charge in [-0.1, -0.05) is 0 Å². The number of aliphatic hydroxyl groups is 1. The van der Waals surface area contributed by atoms with Crippen LogP contribution in [0.2, 0.25) is 0 Å². The summed E-state index contributed by atoms with van der Waals surface area (Å²) in [5, 5.41) is 13.1. The molecule has 0 saturated carbocycles. The van der Waals surface area contributed by atoms with E-state index >= 15 is 0 Å². The van der Waals surface area contributed by atoms with Gasteiger partial charge in [0.15, 0.2) is 37.0 Å². The minimum atomic E-state index is -1.79. The monoisotopic (exact) mass is 635 g/mol. The van der Waals surface area contributed by atoms with Crippen LogP contribution in [0.5, 0.6) is 0 Å². The van der Waals surface area contributed by atoms with Gasteiger partial charge in [0, 0.05) is 48.5 Å². The second-order valence-electron chi connectivity index (χ2n) is 9.84. The van der Waals surface area contributed by atoms with E-state index in [2.05, 4.69) is 5.32 Å². The van der Waals surface area contributed by atoms with E-state index in [1.54, 1.807) is 0 Å². The minimum Gasteiger partial charge on any atom is -0.463 e. The van der Waals surface area contributed by atoms with Gasteiger partial charge in [0.05, 0.1) is 0 Å². The van der Waals surface area contributed by atoms with Crippen molar-refractivity contribution >= 4 is 41.7 Å². The fourth-order valence-corrected chi connectivity index (χ4v) is 4.59. The van der Waals surface area contributed by atoms with E-state index in [1.165, 1.54) is 0 Å². The van der Waals surface area contributed by atoms with Gasteiger partial charge < -0.3 is 53.1 Å². The Labute approximate surface area is 251 Å². The number of amides is 1. The molecular formula is C26H37NO17. The molecule has 2 aliphatic heterocycles. The fraction of sp³-hybridized carbons (Fsp3) is 0.731. The van der Waals surface area contributed by atoms with Crippen molar-refractivity contribution in [1.29, 1.82) is 0 Å². The van der Waals surface area contributed by atoms with Crippen molar-refractivity contribution in [2.45, 2.75) is 110 Å². The lowest BCUT2D eigenvalue weighted by Gasteiger charge is -2.48. The van der Waals surface area contributed by atoms with Crippen molar-refractivity contribution in [2.24, 2.45) is 0 Å². The molecule has 2 heterocycles. The van der Waals surface area contributed by atoms with Crippen molar-refractivity contribution in [3.8, 4) is 0 Å². The summed E-state index contributed by atoms with van der Waals surface area (Å²) in [6, 6.07) is -1.43. The Bertz CT molecular complexity index is 1090. The Balaban J connectivity index is 2.66. The van der Waals surface area contributed by atoms with Crippen LogP contribution in [0.1, 0.15) is 48.5 Å². The van der Waals surface area contributed by atoms with E-state index in [0.717, 1.165) is 48.5 Å². The van der Waals surface area contributed by atoms with Crippen LogP contribution in [-0.4, -0.2) is 121 Å². The standard InChI is InChI=1S/C26H37NO17/c1-10(28)27-19-22(39-14(5)32)20(17(42-25(19)35)8-36-11(2)29)44-26-24(41-16(7)34)23(40-15(6)33)21(38-13(4)31)18(43-26)9-37-12(3)30/h17-26,35H,8-9H2,1-7H3,(H,27,28)/t17-,18-,19-,20-,21+,22-,23+,24-,25+,26+/m1/s1. The summed E-state index contributed by atoms with van der Waals surface area (Å²) in [6.07, 6.45) is -14.2. The lowest BCUT2D eigenvalue weighted by atomic mass is 9.95. The average Bonchev–Trinajstić information content (AvgIpc) is 2.87. The first kappa shape index (κ1) is 36.3. The zero-order chi connectivity index (χ0) is 33.3. The van der Waals surface area contributed by atoms with Gasteiger partial charge in [0.25, 0.3) is 0 Å². The van der Waals surface area contributed by atoms with E-state index in [9.17, 15) is 38.7 Å². The summed E-state index contributed by atoms with van der Waals surface area (Å²) in [5.74, 6) is -5.68. The Morgan fingerprint density at radius 1 is 0.568 bits per heavy atom. The minimum absolute atomic E-state index is 0.559. The highest BCUT2D eigenvalue weighted by Crippen LogP contribution is 2.34. The molecule has 2 saturated heterocycles. The Morgan fingerprint density at radius 2 is 1.00 bits per heavy atom. The molecule has 18 heteroatoms. The van der Waals surface area contributed by atoms with Crippen LogP contribution in [0.3, 0.4) is 0 Å². The summed E-state index contributed by atoms with van der Waals surface area (Å²) in [4.78, 5) is 83.6. The zero-order valence-corrected chi connectivity index (χ0v) is 25.2. The highest BCUT2D eigenvalue weighted by atomic mass is 16.8. The predicted octanol–water partition coefficient (Wildman–Crippen LogP) is -1.83. The Kier molecular flexibility index (Phi) is 13.4. The maximum absolute atomic E-state index is 12.2. The van der Waals surface area contributed by atoms with Gasteiger partial charge in [-0.25, -0.2) is 0 Å². The second kappa shape index (κ2) is 16.3. The molecule has 44 heavy (non-hydrogen) atoms. The topological polar surface area (TPSA) is 235 Å². The number of carbonyl (C=O) groups excluding carboxylic acids is 7. The summed E-state index contributed by atoms with van der Waals surface area (Å²) in [6.45, 7) is 6.33. The summed E-state index contributed by atoms with van der Waals surface area (Å²) >= 11 is 0. The van der Waals surface area contributed by atoms with Crippen molar-refractivity contribution in [3.05, 3.63) is 0 Å². The largest absolute Gasteiger partial charge is 0.463 e. The molecule has 1 amide bonds. The first-order valence-corrected chi connectivity index (χ1v) is 13.4. The number of aliphatic hydroxyl groups excluding tert-OH is 1. The van der Waals surface area contributed by atoms with Crippen molar-refractivity contribution in [3.63, 3.8) is 0 Å². The van der Waals surface area contributed by atoms with Gasteiger partial charge in [-0.3, -0.25) is 33.6 Å². The first-order chi connectivity index (χ1) is 20.5. The molecule has 0 aromatic heterocycles. The predicted molar refractivity (Wildman–Crippen MR) is 138 cm³/mol. The van der Waals surface area contributed by atoms with Gasteiger partial charge in [0.2, 0.25) is 5.91 Å². The quantitative estimate of drug-likeness (QED) is 0.188. The average molecular weight is 636 g/mol. The van der Waals surface area contributed by atoms with E-state index in [0.29, 0.717) is 0 Å². The highest BCUT2D eigenvalue weighted by molar-refractivity contribution is 5.73. The number of ether oxygens (including phenoxy) is 9. The van der Waals surface area contributed by atoms with E-state index in [1.807, 2.05) is 0 Å². The molecular weight excluding hydrogens is 598 g/mol. The molecule has 0 bridgehead atoms. The molecule has 248 valence electrons. The van der Waals surface area contributed by atoms with E-state index in [-0.39, 0.29) is 0 Å². The van der Waals surface area contributed by atoms with Crippen LogP contribution in [0, 0.1) is 0 Å². The van der Waals surface area contributed by atoms with E-state index < -0.39 is 116 Å². The fourth-order valence-electron chi connectivity index (χ4n) is 4.59. The first-order valence-electron chi connectivity index (χ1n) is 13.4. The lowest BCUT2D eigenvalue weighted by molar-refractivity contribution is -0.347. The van der Waals surface area contributed by atoms with Crippen molar-refractivity contribution in [1.82, 2.24) is 5.32 Å². The van der Waals surface area contributed by atoms with Crippen LogP contribution < -0.4 is 5.32 Å². The molecule has 0 radical (unpaired) electrons. The maximum Gasteiger partial charge on any atom is 0.303 e. The Hall–Kier alpha value is -3.87. The number of carbonyl (C=O) groups is 7. The molecule has 2 N–H and O–H groups in total. The smallest absolute Gasteiger partial charge is 0.303 e. The van der Waals surface area contributed by atoms with Crippen LogP contribution in [0.4, 0.5) is 0 Å². The molecule has 0 spiro atoms.